The molecule has 0 aromatic heterocycles. The Balaban J connectivity index is 2.46. The van der Waals surface area contributed by atoms with Crippen molar-refractivity contribution in [2.24, 2.45) is 0 Å². The van der Waals surface area contributed by atoms with Crippen LogP contribution in [0.5, 0.6) is 0 Å². The Bertz CT molecular complexity index is 734. The summed E-state index contributed by atoms with van der Waals surface area (Å²) < 4.78 is 5.05. The third-order valence-corrected chi connectivity index (χ3v) is 4.17. The minimum Gasteiger partial charge on any atom is -0.464 e. The van der Waals surface area contributed by atoms with Crippen LogP contribution in [0.1, 0.15) is 24.2 Å². The second kappa shape index (κ2) is 8.18. The van der Waals surface area contributed by atoms with Crippen molar-refractivity contribution in [3.63, 3.8) is 0 Å². The monoisotopic (exact) mass is 365 g/mol. The van der Waals surface area contributed by atoms with Crippen molar-refractivity contribution >= 4 is 40.8 Å². The zero-order valence-electron chi connectivity index (χ0n) is 13.3. The van der Waals surface area contributed by atoms with Crippen LogP contribution in [0.25, 0.3) is 0 Å². The average molecular weight is 366 g/mol. The van der Waals surface area contributed by atoms with Gasteiger partial charge in [-0.3, -0.25) is 9.69 Å². The minimum atomic E-state index is -0.810. The molecule has 2 rings (SSSR count). The first-order valence-electron chi connectivity index (χ1n) is 7.46. The van der Waals surface area contributed by atoms with Gasteiger partial charge in [0, 0.05) is 11.3 Å². The number of nitrogens with zero attached hydrogens (tertiary/aromatic N) is 1. The molecule has 24 heavy (non-hydrogen) atoms. The Morgan fingerprint density at radius 1 is 1.08 bits per heavy atom. The van der Waals surface area contributed by atoms with E-state index in [2.05, 4.69) is 0 Å². The van der Waals surface area contributed by atoms with Gasteiger partial charge in [-0.25, -0.2) is 4.79 Å². The lowest BCUT2D eigenvalue weighted by atomic mass is 10.1. The second-order valence-electron chi connectivity index (χ2n) is 5.07. The molecule has 1 atom stereocenters. The van der Waals surface area contributed by atoms with Crippen molar-refractivity contribution in [3.8, 4) is 0 Å². The predicted octanol–water partition coefficient (Wildman–Crippen LogP) is 4.59. The molecule has 0 N–H and O–H groups in total. The van der Waals surface area contributed by atoms with E-state index >= 15 is 0 Å². The highest BCUT2D eigenvalue weighted by molar-refractivity contribution is 6.42. The van der Waals surface area contributed by atoms with E-state index in [0.29, 0.717) is 21.3 Å². The number of carbonyl (C=O) groups excluding carboxylic acids is 2. The van der Waals surface area contributed by atoms with E-state index in [9.17, 15) is 9.59 Å². The van der Waals surface area contributed by atoms with Gasteiger partial charge in [0.05, 0.1) is 16.7 Å². The number of anilines is 1. The van der Waals surface area contributed by atoms with Gasteiger partial charge in [0.2, 0.25) is 0 Å². The molecule has 4 nitrogen and oxygen atoms in total. The fraction of sp³-hybridized carbons (Fsp3) is 0.222. The molecule has 126 valence electrons. The van der Waals surface area contributed by atoms with Crippen LogP contribution < -0.4 is 4.90 Å². The zero-order valence-corrected chi connectivity index (χ0v) is 14.8. The maximum absolute atomic E-state index is 12.9. The van der Waals surface area contributed by atoms with Crippen molar-refractivity contribution in [2.45, 2.75) is 19.9 Å². The number of hydrogen-bond donors (Lipinski definition) is 0. The summed E-state index contributed by atoms with van der Waals surface area (Å²) in [7, 11) is 0. The molecular formula is C18H17Cl2NO3. The summed E-state index contributed by atoms with van der Waals surface area (Å²) in [5.74, 6) is -0.817. The SMILES string of the molecule is CCOC(=O)[C@H](C)N(C(=O)c1ccccc1)c1ccc(Cl)c(Cl)c1. The fourth-order valence-electron chi connectivity index (χ4n) is 2.24. The van der Waals surface area contributed by atoms with Gasteiger partial charge >= 0.3 is 5.97 Å². The summed E-state index contributed by atoms with van der Waals surface area (Å²) in [4.78, 5) is 26.5. The molecular weight excluding hydrogens is 349 g/mol. The molecule has 0 radical (unpaired) electrons. The molecule has 1 amide bonds. The van der Waals surface area contributed by atoms with E-state index in [1.165, 1.54) is 4.90 Å². The fourth-order valence-corrected chi connectivity index (χ4v) is 2.53. The minimum absolute atomic E-state index is 0.234. The lowest BCUT2D eigenvalue weighted by Gasteiger charge is -2.28. The smallest absolute Gasteiger partial charge is 0.328 e. The standard InChI is InChI=1S/C18H17Cl2NO3/c1-3-24-18(23)12(2)21(14-9-10-15(19)16(20)11-14)17(22)13-7-5-4-6-8-13/h4-12H,3H2,1-2H3/t12-/m0/s1. The lowest BCUT2D eigenvalue weighted by molar-refractivity contribution is -0.144. The van der Waals surface area contributed by atoms with Gasteiger partial charge in [-0.2, -0.15) is 0 Å². The predicted molar refractivity (Wildman–Crippen MR) is 95.8 cm³/mol. The highest BCUT2D eigenvalue weighted by Gasteiger charge is 2.29. The molecule has 0 fully saturated rings. The molecule has 0 aliphatic rings. The van der Waals surface area contributed by atoms with E-state index in [1.54, 1.807) is 56.3 Å². The van der Waals surface area contributed by atoms with Gasteiger partial charge < -0.3 is 4.74 Å². The second-order valence-corrected chi connectivity index (χ2v) is 5.88. The maximum Gasteiger partial charge on any atom is 0.328 e. The zero-order chi connectivity index (χ0) is 17.7. The number of rotatable bonds is 5. The van der Waals surface area contributed by atoms with Gasteiger partial charge in [-0.05, 0) is 44.2 Å². The first-order valence-corrected chi connectivity index (χ1v) is 8.21. The first-order chi connectivity index (χ1) is 11.5. The number of halogens is 2. The number of ether oxygens (including phenoxy) is 1. The van der Waals surface area contributed by atoms with Crippen LogP contribution in [-0.4, -0.2) is 24.5 Å². The quantitative estimate of drug-likeness (QED) is 0.727. The number of carbonyl (C=O) groups is 2. The molecule has 0 aliphatic heterocycles. The van der Waals surface area contributed by atoms with Crippen molar-refractivity contribution in [3.05, 3.63) is 64.1 Å². The van der Waals surface area contributed by atoms with E-state index in [0.717, 1.165) is 0 Å². The van der Waals surface area contributed by atoms with Gasteiger partial charge in [-0.1, -0.05) is 41.4 Å². The highest BCUT2D eigenvalue weighted by atomic mass is 35.5. The number of benzene rings is 2. The van der Waals surface area contributed by atoms with E-state index in [1.807, 2.05) is 6.07 Å². The summed E-state index contributed by atoms with van der Waals surface area (Å²) in [5, 5.41) is 0.674. The van der Waals surface area contributed by atoms with Crippen LogP contribution >= 0.6 is 23.2 Å². The van der Waals surface area contributed by atoms with Crippen LogP contribution in [-0.2, 0) is 9.53 Å². The average Bonchev–Trinajstić information content (AvgIpc) is 2.59. The first kappa shape index (κ1) is 18.3. The Kier molecular flexibility index (Phi) is 6.23. The van der Waals surface area contributed by atoms with E-state index < -0.39 is 12.0 Å². The Morgan fingerprint density at radius 3 is 2.33 bits per heavy atom. The van der Waals surface area contributed by atoms with Gasteiger partial charge in [-0.15, -0.1) is 0 Å². The number of esters is 1. The molecule has 0 aliphatic carbocycles. The molecule has 0 heterocycles. The normalized spacial score (nSPS) is 11.7. The van der Waals surface area contributed by atoms with Gasteiger partial charge in [0.1, 0.15) is 6.04 Å². The molecule has 0 unspecified atom stereocenters. The molecule has 6 heteroatoms. The van der Waals surface area contributed by atoms with Crippen molar-refractivity contribution < 1.29 is 14.3 Å². The summed E-state index contributed by atoms with van der Waals surface area (Å²) in [6, 6.07) is 12.7. The van der Waals surface area contributed by atoms with Gasteiger partial charge in [0.15, 0.2) is 0 Å². The topological polar surface area (TPSA) is 46.6 Å². The molecule has 0 saturated heterocycles. The van der Waals surface area contributed by atoms with Crippen molar-refractivity contribution in [1.82, 2.24) is 0 Å². The van der Waals surface area contributed by atoms with Crippen LogP contribution in [0.3, 0.4) is 0 Å². The van der Waals surface area contributed by atoms with Crippen LogP contribution in [0.2, 0.25) is 10.0 Å². The Labute approximate surface area is 150 Å². The number of hydrogen-bond acceptors (Lipinski definition) is 3. The largest absolute Gasteiger partial charge is 0.464 e. The summed E-state index contributed by atoms with van der Waals surface area (Å²) in [6.07, 6.45) is 0. The summed E-state index contributed by atoms with van der Waals surface area (Å²) in [5.41, 5.74) is 0.929. The Hall–Kier alpha value is -2.04. The molecule has 0 saturated carbocycles. The van der Waals surface area contributed by atoms with Crippen LogP contribution in [0, 0.1) is 0 Å². The van der Waals surface area contributed by atoms with Crippen LogP contribution in [0.15, 0.2) is 48.5 Å². The summed E-state index contributed by atoms with van der Waals surface area (Å²) in [6.45, 7) is 3.56. The third-order valence-electron chi connectivity index (χ3n) is 3.44. The molecule has 0 bridgehead atoms. The van der Waals surface area contributed by atoms with Crippen molar-refractivity contribution in [1.29, 1.82) is 0 Å². The third kappa shape index (κ3) is 4.08. The highest BCUT2D eigenvalue weighted by Crippen LogP contribution is 2.29. The molecule has 2 aromatic carbocycles. The van der Waals surface area contributed by atoms with Crippen LogP contribution in [0.4, 0.5) is 5.69 Å². The van der Waals surface area contributed by atoms with Gasteiger partial charge in [0.25, 0.3) is 5.91 Å². The van der Waals surface area contributed by atoms with Crippen molar-refractivity contribution in [2.75, 3.05) is 11.5 Å². The van der Waals surface area contributed by atoms with E-state index in [-0.39, 0.29) is 12.5 Å². The van der Waals surface area contributed by atoms with E-state index in [4.69, 9.17) is 27.9 Å². The number of amides is 1. The molecule has 2 aromatic rings. The Morgan fingerprint density at radius 2 is 1.75 bits per heavy atom. The lowest BCUT2D eigenvalue weighted by Crippen LogP contribution is -2.44. The maximum atomic E-state index is 12.9. The summed E-state index contributed by atoms with van der Waals surface area (Å²) >= 11 is 12.0. The molecule has 0 spiro atoms.